The van der Waals surface area contributed by atoms with Crippen LogP contribution < -0.4 is 5.32 Å². The van der Waals surface area contributed by atoms with Crippen LogP contribution in [0.1, 0.15) is 5.56 Å². The van der Waals surface area contributed by atoms with Crippen LogP contribution in [0, 0.1) is 11.6 Å². The number of hydrogen-bond donors (Lipinski definition) is 1. The van der Waals surface area contributed by atoms with Crippen LogP contribution >= 0.6 is 11.6 Å². The molecule has 0 radical (unpaired) electrons. The molecule has 22 heavy (non-hydrogen) atoms. The number of rotatable bonds is 5. The smallest absolute Gasteiger partial charge is 0.238 e. The summed E-state index contributed by atoms with van der Waals surface area (Å²) in [6.07, 6.45) is 0. The minimum absolute atomic E-state index is 0.0441. The molecule has 3 nitrogen and oxygen atoms in total. The lowest BCUT2D eigenvalue weighted by Gasteiger charge is -2.16. The van der Waals surface area contributed by atoms with Gasteiger partial charge in [-0.15, -0.1) is 0 Å². The Labute approximate surface area is 132 Å². The first kappa shape index (κ1) is 16.4. The Bertz CT molecular complexity index is 679. The fourth-order valence-electron chi connectivity index (χ4n) is 2.03. The molecule has 0 aromatic heterocycles. The number of nitrogens with zero attached hydrogens (tertiary/aromatic N) is 1. The van der Waals surface area contributed by atoms with Crippen LogP contribution in [-0.4, -0.2) is 24.4 Å². The van der Waals surface area contributed by atoms with Crippen molar-refractivity contribution < 1.29 is 13.6 Å². The highest BCUT2D eigenvalue weighted by Crippen LogP contribution is 2.15. The molecule has 0 atom stereocenters. The zero-order valence-electron chi connectivity index (χ0n) is 11.9. The summed E-state index contributed by atoms with van der Waals surface area (Å²) < 4.78 is 26.5. The molecule has 6 heteroatoms. The van der Waals surface area contributed by atoms with Crippen LogP contribution in [0.3, 0.4) is 0 Å². The highest BCUT2D eigenvalue weighted by Gasteiger charge is 2.11. The maximum absolute atomic E-state index is 13.4. The Morgan fingerprint density at radius 2 is 2.00 bits per heavy atom. The average molecular weight is 325 g/mol. The summed E-state index contributed by atoms with van der Waals surface area (Å²) in [5, 5.41) is 2.98. The number of likely N-dealkylation sites (N-methyl/N-ethyl adjacent to an activating group) is 1. The van der Waals surface area contributed by atoms with E-state index in [1.54, 1.807) is 18.0 Å². The molecule has 0 bridgehead atoms. The summed E-state index contributed by atoms with van der Waals surface area (Å²) in [6.45, 7) is 0.558. The van der Waals surface area contributed by atoms with Crippen molar-refractivity contribution in [3.63, 3.8) is 0 Å². The molecule has 0 aliphatic rings. The van der Waals surface area contributed by atoms with Crippen molar-refractivity contribution in [2.45, 2.75) is 6.54 Å². The van der Waals surface area contributed by atoms with Gasteiger partial charge in [0.1, 0.15) is 11.6 Å². The van der Waals surface area contributed by atoms with Crippen molar-refractivity contribution in [2.24, 2.45) is 0 Å². The van der Waals surface area contributed by atoms with Gasteiger partial charge < -0.3 is 5.32 Å². The van der Waals surface area contributed by atoms with Crippen molar-refractivity contribution in [2.75, 3.05) is 18.9 Å². The molecule has 0 heterocycles. The zero-order chi connectivity index (χ0) is 16.1. The molecule has 0 fully saturated rings. The second kappa shape index (κ2) is 7.33. The molecule has 1 amide bonds. The number of carbonyl (C=O) groups excluding carboxylic acids is 1. The van der Waals surface area contributed by atoms with Gasteiger partial charge >= 0.3 is 0 Å². The van der Waals surface area contributed by atoms with Gasteiger partial charge in [-0.1, -0.05) is 23.7 Å². The van der Waals surface area contributed by atoms with Gasteiger partial charge in [0.25, 0.3) is 0 Å². The topological polar surface area (TPSA) is 32.3 Å². The standard InChI is InChI=1S/C16H15ClF2N2O/c1-21(9-11-3-2-4-12(17)7-11)10-16(22)20-15-8-13(18)5-6-14(15)19/h2-8H,9-10H2,1H3,(H,20,22). The Hall–Kier alpha value is -1.98. The molecule has 1 N–H and O–H groups in total. The largest absolute Gasteiger partial charge is 0.322 e. The van der Waals surface area contributed by atoms with E-state index in [0.29, 0.717) is 11.6 Å². The van der Waals surface area contributed by atoms with Crippen LogP contribution in [0.4, 0.5) is 14.5 Å². The first-order valence-electron chi connectivity index (χ1n) is 6.62. The molecule has 0 aliphatic heterocycles. The normalized spacial score (nSPS) is 10.8. The Kier molecular flexibility index (Phi) is 5.46. The Morgan fingerprint density at radius 3 is 2.73 bits per heavy atom. The minimum Gasteiger partial charge on any atom is -0.322 e. The third-order valence-electron chi connectivity index (χ3n) is 2.96. The van der Waals surface area contributed by atoms with E-state index in [0.717, 1.165) is 23.8 Å². The second-order valence-corrected chi connectivity index (χ2v) is 5.41. The van der Waals surface area contributed by atoms with E-state index in [9.17, 15) is 13.6 Å². The molecule has 0 aliphatic carbocycles. The van der Waals surface area contributed by atoms with Crippen LogP contribution in [0.25, 0.3) is 0 Å². The number of benzene rings is 2. The average Bonchev–Trinajstić information content (AvgIpc) is 2.42. The van der Waals surface area contributed by atoms with E-state index in [1.807, 2.05) is 18.2 Å². The fraction of sp³-hybridized carbons (Fsp3) is 0.188. The highest BCUT2D eigenvalue weighted by molar-refractivity contribution is 6.30. The quantitative estimate of drug-likeness (QED) is 0.909. The lowest BCUT2D eigenvalue weighted by molar-refractivity contribution is -0.117. The fourth-order valence-corrected chi connectivity index (χ4v) is 2.24. The van der Waals surface area contributed by atoms with Crippen molar-refractivity contribution in [3.8, 4) is 0 Å². The lowest BCUT2D eigenvalue weighted by Crippen LogP contribution is -2.30. The van der Waals surface area contributed by atoms with Crippen molar-refractivity contribution in [1.82, 2.24) is 4.90 Å². The summed E-state index contributed by atoms with van der Waals surface area (Å²) in [6, 6.07) is 10.2. The second-order valence-electron chi connectivity index (χ2n) is 4.97. The summed E-state index contributed by atoms with van der Waals surface area (Å²) in [5.41, 5.74) is 0.792. The van der Waals surface area contributed by atoms with E-state index in [4.69, 9.17) is 11.6 Å². The van der Waals surface area contributed by atoms with E-state index < -0.39 is 17.5 Å². The molecule has 116 valence electrons. The number of amides is 1. The number of hydrogen-bond acceptors (Lipinski definition) is 2. The van der Waals surface area contributed by atoms with Gasteiger partial charge in [-0.25, -0.2) is 8.78 Å². The molecular weight excluding hydrogens is 310 g/mol. The van der Waals surface area contributed by atoms with Gasteiger partial charge in [0.2, 0.25) is 5.91 Å². The highest BCUT2D eigenvalue weighted by atomic mass is 35.5. The summed E-state index contributed by atoms with van der Waals surface area (Å²) in [7, 11) is 1.75. The van der Waals surface area contributed by atoms with E-state index in [1.165, 1.54) is 0 Å². The number of carbonyl (C=O) groups is 1. The third kappa shape index (κ3) is 4.79. The predicted molar refractivity (Wildman–Crippen MR) is 82.8 cm³/mol. The van der Waals surface area contributed by atoms with Gasteiger partial charge in [0.05, 0.1) is 12.2 Å². The Morgan fingerprint density at radius 1 is 1.23 bits per heavy atom. The van der Waals surface area contributed by atoms with E-state index in [-0.39, 0.29) is 12.2 Å². The first-order valence-corrected chi connectivity index (χ1v) is 7.00. The molecule has 2 rings (SSSR count). The minimum atomic E-state index is -0.674. The maximum atomic E-state index is 13.4. The molecule has 2 aromatic rings. The molecule has 0 saturated carbocycles. The monoisotopic (exact) mass is 324 g/mol. The van der Waals surface area contributed by atoms with Gasteiger partial charge in [0, 0.05) is 17.6 Å². The van der Waals surface area contributed by atoms with Crippen LogP contribution in [-0.2, 0) is 11.3 Å². The van der Waals surface area contributed by atoms with Crippen LogP contribution in [0.5, 0.6) is 0 Å². The van der Waals surface area contributed by atoms with Crippen LogP contribution in [0.2, 0.25) is 5.02 Å². The van der Waals surface area contributed by atoms with Gasteiger partial charge in [-0.05, 0) is 36.9 Å². The van der Waals surface area contributed by atoms with Crippen molar-refractivity contribution in [1.29, 1.82) is 0 Å². The van der Waals surface area contributed by atoms with Crippen molar-refractivity contribution in [3.05, 3.63) is 64.7 Å². The number of nitrogens with one attached hydrogen (secondary N) is 1. The van der Waals surface area contributed by atoms with Gasteiger partial charge in [-0.3, -0.25) is 9.69 Å². The lowest BCUT2D eigenvalue weighted by atomic mass is 10.2. The molecule has 0 saturated heterocycles. The SMILES string of the molecule is CN(CC(=O)Nc1cc(F)ccc1F)Cc1cccc(Cl)c1. The maximum Gasteiger partial charge on any atom is 0.238 e. The van der Waals surface area contributed by atoms with E-state index in [2.05, 4.69) is 5.32 Å². The predicted octanol–water partition coefficient (Wildman–Crippen LogP) is 3.69. The summed E-state index contributed by atoms with van der Waals surface area (Å²) in [5.74, 6) is -1.70. The number of halogens is 3. The van der Waals surface area contributed by atoms with Crippen LogP contribution in [0.15, 0.2) is 42.5 Å². The molecular formula is C16H15ClF2N2O. The first-order chi connectivity index (χ1) is 10.4. The summed E-state index contributed by atoms with van der Waals surface area (Å²) >= 11 is 5.90. The molecule has 0 spiro atoms. The number of anilines is 1. The van der Waals surface area contributed by atoms with Gasteiger partial charge in [0.15, 0.2) is 0 Å². The zero-order valence-corrected chi connectivity index (χ0v) is 12.7. The van der Waals surface area contributed by atoms with E-state index >= 15 is 0 Å². The van der Waals surface area contributed by atoms with Crippen molar-refractivity contribution >= 4 is 23.2 Å². The molecule has 2 aromatic carbocycles. The Balaban J connectivity index is 1.92. The van der Waals surface area contributed by atoms with Gasteiger partial charge in [-0.2, -0.15) is 0 Å². The summed E-state index contributed by atoms with van der Waals surface area (Å²) in [4.78, 5) is 13.6. The molecule has 0 unspecified atom stereocenters. The third-order valence-corrected chi connectivity index (χ3v) is 3.19.